The van der Waals surface area contributed by atoms with Crippen molar-refractivity contribution in [2.45, 2.75) is 18.9 Å². The first-order valence-corrected chi connectivity index (χ1v) is 7.20. The number of nitrogens with zero attached hydrogens (tertiary/aromatic N) is 2. The Morgan fingerprint density at radius 2 is 2.15 bits per heavy atom. The minimum atomic E-state index is -0.139. The van der Waals surface area contributed by atoms with Gasteiger partial charge >= 0.3 is 0 Å². The van der Waals surface area contributed by atoms with Crippen LogP contribution >= 0.6 is 23.2 Å². The second-order valence-electron chi connectivity index (χ2n) is 4.57. The molecular weight excluding hydrogens is 303 g/mol. The van der Waals surface area contributed by atoms with E-state index in [1.807, 2.05) is 0 Å². The quantitative estimate of drug-likeness (QED) is 0.862. The molecule has 0 spiro atoms. The van der Waals surface area contributed by atoms with Gasteiger partial charge in [0.25, 0.3) is 5.91 Å². The zero-order chi connectivity index (χ0) is 14.5. The highest BCUT2D eigenvalue weighted by Gasteiger charge is 2.25. The standard InChI is InChI=1S/C13H16Cl2N2O3/c14-11-8-16-12(15)7-10(11)13(19)17-3-1-9(2-4-17)20-6-5-18/h7-9,18H,1-6H2. The third-order valence-corrected chi connectivity index (χ3v) is 3.73. The number of aliphatic hydroxyl groups excluding tert-OH is 1. The lowest BCUT2D eigenvalue weighted by Gasteiger charge is -2.32. The summed E-state index contributed by atoms with van der Waals surface area (Å²) < 4.78 is 5.46. The SMILES string of the molecule is O=C(c1cc(Cl)ncc1Cl)N1CCC(OCCO)CC1. The molecule has 1 saturated heterocycles. The Morgan fingerprint density at radius 3 is 2.80 bits per heavy atom. The molecule has 0 unspecified atom stereocenters. The number of hydrogen-bond acceptors (Lipinski definition) is 4. The molecule has 7 heteroatoms. The summed E-state index contributed by atoms with van der Waals surface area (Å²) in [7, 11) is 0. The third kappa shape index (κ3) is 3.82. The van der Waals surface area contributed by atoms with Gasteiger partial charge in [0.15, 0.2) is 0 Å². The molecule has 1 amide bonds. The minimum absolute atomic E-state index is 0.0181. The van der Waals surface area contributed by atoms with Crippen molar-refractivity contribution in [1.29, 1.82) is 0 Å². The number of likely N-dealkylation sites (tertiary alicyclic amines) is 1. The summed E-state index contributed by atoms with van der Waals surface area (Å²) in [5, 5.41) is 9.27. The molecule has 0 bridgehead atoms. The predicted molar refractivity (Wildman–Crippen MR) is 76.2 cm³/mol. The molecule has 5 nitrogen and oxygen atoms in total. The van der Waals surface area contributed by atoms with Crippen LogP contribution in [0.3, 0.4) is 0 Å². The first-order chi connectivity index (χ1) is 9.61. The Morgan fingerprint density at radius 1 is 1.45 bits per heavy atom. The Labute approximate surface area is 127 Å². The molecule has 2 heterocycles. The van der Waals surface area contributed by atoms with Gasteiger partial charge in [-0.05, 0) is 18.9 Å². The molecule has 20 heavy (non-hydrogen) atoms. The highest BCUT2D eigenvalue weighted by Crippen LogP contribution is 2.22. The molecule has 0 aromatic carbocycles. The van der Waals surface area contributed by atoms with Crippen molar-refractivity contribution in [2.75, 3.05) is 26.3 Å². The molecule has 1 aliphatic rings. The molecule has 110 valence electrons. The van der Waals surface area contributed by atoms with Crippen molar-refractivity contribution in [2.24, 2.45) is 0 Å². The average Bonchev–Trinajstić information content (AvgIpc) is 2.47. The van der Waals surface area contributed by atoms with Crippen LogP contribution in [0.1, 0.15) is 23.2 Å². The molecule has 0 saturated carbocycles. The fourth-order valence-electron chi connectivity index (χ4n) is 2.19. The summed E-state index contributed by atoms with van der Waals surface area (Å²) in [4.78, 5) is 17.9. The molecular formula is C13H16Cl2N2O3. The van der Waals surface area contributed by atoms with Crippen LogP contribution in [-0.4, -0.2) is 53.3 Å². The number of halogens is 2. The van der Waals surface area contributed by atoms with E-state index in [9.17, 15) is 4.79 Å². The molecule has 0 aliphatic carbocycles. The summed E-state index contributed by atoms with van der Waals surface area (Å²) in [6.07, 6.45) is 2.99. The number of hydrogen-bond donors (Lipinski definition) is 1. The van der Waals surface area contributed by atoms with Crippen molar-refractivity contribution >= 4 is 29.1 Å². The van der Waals surface area contributed by atoms with Crippen LogP contribution < -0.4 is 0 Å². The van der Waals surface area contributed by atoms with E-state index in [2.05, 4.69) is 4.98 Å². The number of aliphatic hydroxyl groups is 1. The molecule has 0 radical (unpaired) electrons. The van der Waals surface area contributed by atoms with Crippen LogP contribution in [0.15, 0.2) is 12.3 Å². The van der Waals surface area contributed by atoms with Crippen molar-refractivity contribution in [3.8, 4) is 0 Å². The van der Waals surface area contributed by atoms with Gasteiger partial charge in [-0.3, -0.25) is 4.79 Å². The van der Waals surface area contributed by atoms with Gasteiger partial charge in [-0.1, -0.05) is 23.2 Å². The van der Waals surface area contributed by atoms with E-state index in [0.717, 1.165) is 12.8 Å². The van der Waals surface area contributed by atoms with E-state index < -0.39 is 0 Å². The molecule has 1 aromatic heterocycles. The van der Waals surface area contributed by atoms with Gasteiger partial charge in [-0.2, -0.15) is 0 Å². The number of carbonyl (C=O) groups is 1. The largest absolute Gasteiger partial charge is 0.394 e. The van der Waals surface area contributed by atoms with E-state index >= 15 is 0 Å². The maximum Gasteiger partial charge on any atom is 0.255 e. The second kappa shape index (κ2) is 7.22. The van der Waals surface area contributed by atoms with Gasteiger partial charge in [0.2, 0.25) is 0 Å². The maximum atomic E-state index is 12.4. The van der Waals surface area contributed by atoms with Gasteiger partial charge < -0.3 is 14.7 Å². The van der Waals surface area contributed by atoms with Crippen molar-refractivity contribution < 1.29 is 14.6 Å². The number of rotatable bonds is 4. The first kappa shape index (κ1) is 15.5. The highest BCUT2D eigenvalue weighted by molar-refractivity contribution is 6.35. The fraction of sp³-hybridized carbons (Fsp3) is 0.538. The zero-order valence-corrected chi connectivity index (χ0v) is 12.4. The van der Waals surface area contributed by atoms with Gasteiger partial charge in [-0.15, -0.1) is 0 Å². The highest BCUT2D eigenvalue weighted by atomic mass is 35.5. The summed E-state index contributed by atoms with van der Waals surface area (Å²) in [6.45, 7) is 1.56. The van der Waals surface area contributed by atoms with Gasteiger partial charge in [0.05, 0.1) is 29.9 Å². The van der Waals surface area contributed by atoms with E-state index in [1.165, 1.54) is 12.3 Å². The number of piperidine rings is 1. The Balaban J connectivity index is 1.96. The topological polar surface area (TPSA) is 62.7 Å². The number of carbonyl (C=O) groups excluding carboxylic acids is 1. The monoisotopic (exact) mass is 318 g/mol. The lowest BCUT2D eigenvalue weighted by atomic mass is 10.1. The molecule has 1 N–H and O–H groups in total. The predicted octanol–water partition coefficient (Wildman–Crippen LogP) is 2.00. The number of aromatic nitrogens is 1. The van der Waals surface area contributed by atoms with Crippen LogP contribution in [0.4, 0.5) is 0 Å². The van der Waals surface area contributed by atoms with Crippen LogP contribution in [0, 0.1) is 0 Å². The number of amides is 1. The van der Waals surface area contributed by atoms with E-state index in [1.54, 1.807) is 4.90 Å². The number of pyridine rings is 1. The smallest absolute Gasteiger partial charge is 0.255 e. The minimum Gasteiger partial charge on any atom is -0.394 e. The zero-order valence-electron chi connectivity index (χ0n) is 10.9. The molecule has 2 rings (SSSR count). The molecule has 1 aliphatic heterocycles. The van der Waals surface area contributed by atoms with Crippen molar-refractivity contribution in [1.82, 2.24) is 9.88 Å². The summed E-state index contributed by atoms with van der Waals surface area (Å²) in [5.74, 6) is -0.139. The van der Waals surface area contributed by atoms with E-state index in [0.29, 0.717) is 30.3 Å². The molecule has 1 fully saturated rings. The lowest BCUT2D eigenvalue weighted by Crippen LogP contribution is -2.41. The Hall–Kier alpha value is -0.880. The van der Waals surface area contributed by atoms with Crippen LogP contribution in [0.5, 0.6) is 0 Å². The van der Waals surface area contributed by atoms with E-state index in [-0.39, 0.29) is 23.8 Å². The van der Waals surface area contributed by atoms with Gasteiger partial charge in [0.1, 0.15) is 5.15 Å². The maximum absolute atomic E-state index is 12.4. The lowest BCUT2D eigenvalue weighted by molar-refractivity contribution is -0.00554. The Bertz CT molecular complexity index is 477. The summed E-state index contributed by atoms with van der Waals surface area (Å²) in [6, 6.07) is 1.49. The van der Waals surface area contributed by atoms with Gasteiger partial charge in [0, 0.05) is 19.3 Å². The van der Waals surface area contributed by atoms with Crippen molar-refractivity contribution in [3.05, 3.63) is 28.0 Å². The third-order valence-electron chi connectivity index (χ3n) is 3.23. The van der Waals surface area contributed by atoms with Crippen LogP contribution in [0.2, 0.25) is 10.2 Å². The second-order valence-corrected chi connectivity index (χ2v) is 5.37. The Kier molecular flexibility index (Phi) is 5.60. The molecule has 1 aromatic rings. The summed E-state index contributed by atoms with van der Waals surface area (Å²) >= 11 is 11.8. The van der Waals surface area contributed by atoms with Crippen LogP contribution in [0.25, 0.3) is 0 Å². The number of ether oxygens (including phenoxy) is 1. The van der Waals surface area contributed by atoms with Crippen molar-refractivity contribution in [3.63, 3.8) is 0 Å². The summed E-state index contributed by atoms with van der Waals surface area (Å²) in [5.41, 5.74) is 0.376. The van der Waals surface area contributed by atoms with E-state index in [4.69, 9.17) is 33.0 Å². The normalized spacial score (nSPS) is 16.4. The van der Waals surface area contributed by atoms with Crippen LogP contribution in [-0.2, 0) is 4.74 Å². The fourth-order valence-corrected chi connectivity index (χ4v) is 2.53. The van der Waals surface area contributed by atoms with Gasteiger partial charge in [-0.25, -0.2) is 4.98 Å². The molecule has 0 atom stereocenters. The average molecular weight is 319 g/mol. The first-order valence-electron chi connectivity index (χ1n) is 6.44.